The molecule has 0 bridgehead atoms. The zero-order valence-corrected chi connectivity index (χ0v) is 13.6. The highest BCUT2D eigenvalue weighted by Gasteiger charge is 2.27. The van der Waals surface area contributed by atoms with Gasteiger partial charge in [0.1, 0.15) is 0 Å². The summed E-state index contributed by atoms with van der Waals surface area (Å²) in [6.07, 6.45) is 0. The number of nitrogens with zero attached hydrogens (tertiary/aromatic N) is 1. The van der Waals surface area contributed by atoms with E-state index in [1.807, 2.05) is 44.2 Å². The monoisotopic (exact) mass is 323 g/mol. The zero-order chi connectivity index (χ0) is 15.5. The van der Waals surface area contributed by atoms with Crippen molar-refractivity contribution in [1.29, 1.82) is 0 Å². The van der Waals surface area contributed by atoms with Gasteiger partial charge < -0.3 is 0 Å². The fraction of sp³-hybridized carbons (Fsp3) is 0.250. The van der Waals surface area contributed by atoms with Crippen LogP contribution in [0.5, 0.6) is 0 Å². The van der Waals surface area contributed by atoms with Crippen LogP contribution < -0.4 is 0 Å². The Kier molecular flexibility index (Phi) is 5.04. The van der Waals surface area contributed by atoms with Crippen LogP contribution in [0.25, 0.3) is 0 Å². The molecule has 2 rings (SSSR count). The SMILES string of the molecule is CC(C)N(Cc1ccccc1)S(=O)(=O)c1cccc(Cl)c1. The smallest absolute Gasteiger partial charge is 0.207 e. The standard InChI is InChI=1S/C16H18ClNO2S/c1-13(2)18(12-14-7-4-3-5-8-14)21(19,20)16-10-6-9-15(17)11-16/h3-11,13H,12H2,1-2H3. The van der Waals surface area contributed by atoms with Gasteiger partial charge in [0, 0.05) is 17.6 Å². The number of halogens is 1. The van der Waals surface area contributed by atoms with Gasteiger partial charge in [-0.2, -0.15) is 4.31 Å². The molecule has 0 aromatic heterocycles. The second-order valence-corrected chi connectivity index (χ2v) is 7.41. The van der Waals surface area contributed by atoms with E-state index in [9.17, 15) is 8.42 Å². The van der Waals surface area contributed by atoms with E-state index in [0.29, 0.717) is 11.6 Å². The summed E-state index contributed by atoms with van der Waals surface area (Å²) in [6.45, 7) is 4.07. The van der Waals surface area contributed by atoms with E-state index < -0.39 is 10.0 Å². The van der Waals surface area contributed by atoms with Crippen molar-refractivity contribution in [1.82, 2.24) is 4.31 Å². The third kappa shape index (κ3) is 3.84. The molecular formula is C16H18ClNO2S. The van der Waals surface area contributed by atoms with E-state index in [1.165, 1.54) is 10.4 Å². The molecule has 0 saturated carbocycles. The summed E-state index contributed by atoms with van der Waals surface area (Å²) in [4.78, 5) is 0.222. The van der Waals surface area contributed by atoms with Crippen molar-refractivity contribution in [3.8, 4) is 0 Å². The van der Waals surface area contributed by atoms with Crippen molar-refractivity contribution < 1.29 is 8.42 Å². The topological polar surface area (TPSA) is 37.4 Å². The Morgan fingerprint density at radius 2 is 1.71 bits per heavy atom. The van der Waals surface area contributed by atoms with Crippen molar-refractivity contribution in [2.24, 2.45) is 0 Å². The summed E-state index contributed by atoms with van der Waals surface area (Å²) in [5.41, 5.74) is 0.955. The van der Waals surface area contributed by atoms with Gasteiger partial charge >= 0.3 is 0 Å². The lowest BCUT2D eigenvalue weighted by atomic mass is 10.2. The Balaban J connectivity index is 2.37. The first-order valence-electron chi connectivity index (χ1n) is 6.72. The van der Waals surface area contributed by atoms with Gasteiger partial charge in [-0.25, -0.2) is 8.42 Å². The predicted octanol–water partition coefficient (Wildman–Crippen LogP) is 3.94. The van der Waals surface area contributed by atoms with Crippen LogP contribution in [0.1, 0.15) is 19.4 Å². The van der Waals surface area contributed by atoms with Crippen molar-refractivity contribution in [2.75, 3.05) is 0 Å². The average molecular weight is 324 g/mol. The van der Waals surface area contributed by atoms with Crippen LogP contribution in [0.2, 0.25) is 5.02 Å². The zero-order valence-electron chi connectivity index (χ0n) is 12.0. The van der Waals surface area contributed by atoms with Crippen LogP contribution in [0.15, 0.2) is 59.5 Å². The molecular weight excluding hydrogens is 306 g/mol. The molecule has 0 aliphatic heterocycles. The molecule has 0 N–H and O–H groups in total. The van der Waals surface area contributed by atoms with E-state index in [-0.39, 0.29) is 10.9 Å². The molecule has 21 heavy (non-hydrogen) atoms. The Morgan fingerprint density at radius 1 is 1.05 bits per heavy atom. The minimum absolute atomic E-state index is 0.144. The molecule has 0 unspecified atom stereocenters. The molecule has 0 fully saturated rings. The highest BCUT2D eigenvalue weighted by molar-refractivity contribution is 7.89. The van der Waals surface area contributed by atoms with Crippen molar-refractivity contribution in [3.05, 3.63) is 65.2 Å². The maximum absolute atomic E-state index is 12.8. The van der Waals surface area contributed by atoms with Crippen molar-refractivity contribution in [3.63, 3.8) is 0 Å². The summed E-state index contributed by atoms with van der Waals surface area (Å²) in [5, 5.41) is 0.416. The Hall–Kier alpha value is -1.36. The number of rotatable bonds is 5. The van der Waals surface area contributed by atoms with Gasteiger partial charge in [0.2, 0.25) is 10.0 Å². The van der Waals surface area contributed by atoms with E-state index in [1.54, 1.807) is 18.2 Å². The minimum Gasteiger partial charge on any atom is -0.207 e. The second kappa shape index (κ2) is 6.60. The van der Waals surface area contributed by atoms with E-state index in [0.717, 1.165) is 5.56 Å². The fourth-order valence-electron chi connectivity index (χ4n) is 2.07. The van der Waals surface area contributed by atoms with Gasteiger partial charge in [-0.1, -0.05) is 48.0 Å². The van der Waals surface area contributed by atoms with Crippen LogP contribution in [-0.2, 0) is 16.6 Å². The Bertz CT molecular complexity index is 699. The van der Waals surface area contributed by atoms with Crippen LogP contribution >= 0.6 is 11.6 Å². The molecule has 2 aromatic rings. The summed E-state index contributed by atoms with van der Waals surface area (Å²) >= 11 is 5.91. The summed E-state index contributed by atoms with van der Waals surface area (Å²) in [7, 11) is -3.57. The van der Waals surface area contributed by atoms with Crippen LogP contribution in [-0.4, -0.2) is 18.8 Å². The maximum atomic E-state index is 12.8. The lowest BCUT2D eigenvalue weighted by molar-refractivity contribution is 0.348. The third-order valence-corrected chi connectivity index (χ3v) is 5.41. The fourth-order valence-corrected chi connectivity index (χ4v) is 4.00. The van der Waals surface area contributed by atoms with Crippen molar-refractivity contribution >= 4 is 21.6 Å². The highest BCUT2D eigenvalue weighted by atomic mass is 35.5. The maximum Gasteiger partial charge on any atom is 0.243 e. The quantitative estimate of drug-likeness (QED) is 0.835. The summed E-state index contributed by atoms with van der Waals surface area (Å²) in [6, 6.07) is 15.8. The van der Waals surface area contributed by atoms with Crippen LogP contribution in [0.3, 0.4) is 0 Å². The molecule has 0 aliphatic rings. The molecule has 0 radical (unpaired) electrons. The first-order chi connectivity index (χ1) is 9.91. The molecule has 0 saturated heterocycles. The third-order valence-electron chi connectivity index (χ3n) is 3.16. The lowest BCUT2D eigenvalue weighted by Gasteiger charge is -2.26. The average Bonchev–Trinajstić information content (AvgIpc) is 2.45. The molecule has 0 amide bonds. The molecule has 2 aromatic carbocycles. The molecule has 0 spiro atoms. The molecule has 0 heterocycles. The lowest BCUT2D eigenvalue weighted by Crippen LogP contribution is -2.36. The van der Waals surface area contributed by atoms with Crippen LogP contribution in [0, 0.1) is 0 Å². The van der Waals surface area contributed by atoms with Gasteiger partial charge in [-0.15, -0.1) is 0 Å². The van der Waals surface area contributed by atoms with Gasteiger partial charge in [0.15, 0.2) is 0 Å². The van der Waals surface area contributed by atoms with E-state index in [2.05, 4.69) is 0 Å². The second-order valence-electron chi connectivity index (χ2n) is 5.09. The number of hydrogen-bond acceptors (Lipinski definition) is 2. The van der Waals surface area contributed by atoms with Crippen LogP contribution in [0.4, 0.5) is 0 Å². The van der Waals surface area contributed by atoms with Gasteiger partial charge in [0.05, 0.1) is 4.90 Å². The molecule has 112 valence electrons. The summed E-state index contributed by atoms with van der Waals surface area (Å²) < 4.78 is 27.1. The van der Waals surface area contributed by atoms with Gasteiger partial charge in [-0.3, -0.25) is 0 Å². The summed E-state index contributed by atoms with van der Waals surface area (Å²) in [5.74, 6) is 0. The van der Waals surface area contributed by atoms with Gasteiger partial charge in [0.25, 0.3) is 0 Å². The molecule has 0 aliphatic carbocycles. The molecule has 5 heteroatoms. The van der Waals surface area contributed by atoms with E-state index >= 15 is 0 Å². The molecule has 3 nitrogen and oxygen atoms in total. The van der Waals surface area contributed by atoms with E-state index in [4.69, 9.17) is 11.6 Å². The first kappa shape index (κ1) is 16.0. The largest absolute Gasteiger partial charge is 0.243 e. The van der Waals surface area contributed by atoms with Gasteiger partial charge in [-0.05, 0) is 37.6 Å². The minimum atomic E-state index is -3.57. The number of sulfonamides is 1. The molecule has 0 atom stereocenters. The number of hydrogen-bond donors (Lipinski definition) is 0. The number of benzene rings is 2. The normalized spacial score (nSPS) is 12.0. The Labute approximate surface area is 131 Å². The Morgan fingerprint density at radius 3 is 2.29 bits per heavy atom. The predicted molar refractivity (Wildman–Crippen MR) is 85.8 cm³/mol. The first-order valence-corrected chi connectivity index (χ1v) is 8.54. The highest BCUT2D eigenvalue weighted by Crippen LogP contribution is 2.23. The van der Waals surface area contributed by atoms with Crippen molar-refractivity contribution in [2.45, 2.75) is 31.3 Å².